The second kappa shape index (κ2) is 5.06. The molecule has 4 aliphatic rings. The van der Waals surface area contributed by atoms with Gasteiger partial charge in [0.25, 0.3) is 0 Å². The van der Waals surface area contributed by atoms with E-state index in [1.54, 1.807) is 11.9 Å². The molecule has 2 bridgehead atoms. The molecule has 5 nitrogen and oxygen atoms in total. The van der Waals surface area contributed by atoms with Gasteiger partial charge in [0.05, 0.1) is 11.8 Å². The largest absolute Gasteiger partial charge is 0.369 e. The van der Waals surface area contributed by atoms with Crippen LogP contribution in [0.2, 0.25) is 0 Å². The number of likely N-dealkylation sites (N-methyl/N-ethyl adjacent to an activating group) is 1. The monoisotopic (exact) mass is 313 g/mol. The number of para-hydroxylation sites is 1. The Morgan fingerprint density at radius 2 is 1.83 bits per heavy atom. The highest BCUT2D eigenvalue weighted by Gasteiger charge is 2.54. The predicted octanol–water partition coefficient (Wildman–Crippen LogP) is 1.33. The smallest absolute Gasteiger partial charge is 0.235 e. The number of rotatable bonds is 3. The van der Waals surface area contributed by atoms with Crippen molar-refractivity contribution >= 4 is 17.5 Å². The summed E-state index contributed by atoms with van der Waals surface area (Å²) in [6, 6.07) is 7.80. The average Bonchev–Trinajstić information content (AvgIpc) is 2.82. The van der Waals surface area contributed by atoms with Gasteiger partial charge in [0.1, 0.15) is 0 Å². The van der Waals surface area contributed by atoms with Crippen molar-refractivity contribution < 1.29 is 9.59 Å². The molecule has 2 N–H and O–H groups in total. The van der Waals surface area contributed by atoms with Crippen LogP contribution in [0, 0.1) is 11.3 Å². The second-order valence-corrected chi connectivity index (χ2v) is 7.27. The minimum Gasteiger partial charge on any atom is -0.369 e. The van der Waals surface area contributed by atoms with E-state index in [1.807, 2.05) is 24.3 Å². The number of anilines is 1. The Hall–Kier alpha value is -1.88. The first kappa shape index (κ1) is 14.7. The second-order valence-electron chi connectivity index (χ2n) is 7.27. The van der Waals surface area contributed by atoms with Gasteiger partial charge in [0.15, 0.2) is 0 Å². The zero-order chi connectivity index (χ0) is 16.2. The maximum absolute atomic E-state index is 12.9. The minimum absolute atomic E-state index is 0.0115. The van der Waals surface area contributed by atoms with Gasteiger partial charge in [-0.25, -0.2) is 0 Å². The summed E-state index contributed by atoms with van der Waals surface area (Å²) in [5, 5.41) is 0. The first-order valence-corrected chi connectivity index (χ1v) is 8.42. The van der Waals surface area contributed by atoms with Crippen molar-refractivity contribution in [3.8, 4) is 0 Å². The molecule has 4 aliphatic heterocycles. The fourth-order valence-corrected chi connectivity index (χ4v) is 4.98. The van der Waals surface area contributed by atoms with Crippen LogP contribution in [-0.4, -0.2) is 43.4 Å². The van der Waals surface area contributed by atoms with Gasteiger partial charge in [-0.3, -0.25) is 9.59 Å². The number of carbonyl (C=O) groups is 2. The lowest BCUT2D eigenvalue weighted by atomic mass is 9.59. The Balaban J connectivity index is 1.79. The van der Waals surface area contributed by atoms with Crippen LogP contribution < -0.4 is 10.6 Å². The van der Waals surface area contributed by atoms with Gasteiger partial charge < -0.3 is 15.5 Å². The molecular formula is C18H23N3O2. The topological polar surface area (TPSA) is 66.6 Å². The number of primary amides is 1. The number of hydrogen-bond acceptors (Lipinski definition) is 3. The van der Waals surface area contributed by atoms with Gasteiger partial charge in [-0.05, 0) is 55.9 Å². The van der Waals surface area contributed by atoms with Crippen molar-refractivity contribution in [3.05, 3.63) is 29.8 Å². The third-order valence-corrected chi connectivity index (χ3v) is 6.31. The van der Waals surface area contributed by atoms with Gasteiger partial charge in [0, 0.05) is 12.7 Å². The van der Waals surface area contributed by atoms with Gasteiger partial charge >= 0.3 is 0 Å². The third kappa shape index (κ3) is 2.02. The van der Waals surface area contributed by atoms with Crippen molar-refractivity contribution in [2.75, 3.05) is 31.6 Å². The lowest BCUT2D eigenvalue weighted by Gasteiger charge is -2.52. The summed E-state index contributed by atoms with van der Waals surface area (Å²) in [5.74, 6) is -1.12. The number of carbonyl (C=O) groups excluding carboxylic acids is 2. The number of nitrogens with zero attached hydrogens (tertiary/aromatic N) is 2. The van der Waals surface area contributed by atoms with Crippen LogP contribution in [-0.2, 0) is 9.59 Å². The third-order valence-electron chi connectivity index (χ3n) is 6.31. The number of hydrogen-bond donors (Lipinski definition) is 1. The molecule has 3 saturated heterocycles. The summed E-state index contributed by atoms with van der Waals surface area (Å²) < 4.78 is 0. The lowest BCUT2D eigenvalue weighted by Crippen LogP contribution is -2.56. The normalized spacial score (nSPS) is 33.6. The van der Waals surface area contributed by atoms with E-state index in [2.05, 4.69) is 4.90 Å². The molecule has 122 valence electrons. The fourth-order valence-electron chi connectivity index (χ4n) is 4.98. The van der Waals surface area contributed by atoms with Crippen LogP contribution in [0.25, 0.3) is 0 Å². The lowest BCUT2D eigenvalue weighted by molar-refractivity contribution is -0.138. The highest BCUT2D eigenvalue weighted by Crippen LogP contribution is 2.54. The molecule has 1 aromatic rings. The number of amides is 2. The quantitative estimate of drug-likeness (QED) is 0.915. The molecule has 0 radical (unpaired) electrons. The van der Waals surface area contributed by atoms with Crippen molar-refractivity contribution in [2.24, 2.45) is 17.1 Å². The SMILES string of the molecule is CN1C(=O)C(C(C(N)=O)C23CCN(CC2)CC3)c2ccccc21. The summed E-state index contributed by atoms with van der Waals surface area (Å²) in [4.78, 5) is 29.5. The van der Waals surface area contributed by atoms with E-state index in [9.17, 15) is 9.59 Å². The van der Waals surface area contributed by atoms with Crippen LogP contribution >= 0.6 is 0 Å². The van der Waals surface area contributed by atoms with Crippen LogP contribution in [0.4, 0.5) is 5.69 Å². The van der Waals surface area contributed by atoms with Crippen molar-refractivity contribution in [1.29, 1.82) is 0 Å². The van der Waals surface area contributed by atoms with Crippen LogP contribution in [0.1, 0.15) is 30.7 Å². The Bertz CT molecular complexity index is 650. The summed E-state index contributed by atoms with van der Waals surface area (Å²) >= 11 is 0. The average molecular weight is 313 g/mol. The molecule has 2 unspecified atom stereocenters. The van der Waals surface area contributed by atoms with Crippen molar-refractivity contribution in [3.63, 3.8) is 0 Å². The predicted molar refractivity (Wildman–Crippen MR) is 88.0 cm³/mol. The standard InChI is InChI=1S/C18H23N3O2/c1-20-13-5-3-2-4-12(13)14(17(20)23)15(16(19)22)18-6-9-21(10-7-18)11-8-18/h2-5,14-15H,6-11H2,1H3,(H2,19,22). The number of piperidine rings is 3. The summed E-state index contributed by atoms with van der Waals surface area (Å²) in [7, 11) is 1.79. The van der Waals surface area contributed by atoms with E-state index >= 15 is 0 Å². The molecular weight excluding hydrogens is 290 g/mol. The maximum atomic E-state index is 12.9. The Morgan fingerprint density at radius 3 is 2.43 bits per heavy atom. The van der Waals surface area contributed by atoms with E-state index in [4.69, 9.17) is 5.73 Å². The van der Waals surface area contributed by atoms with E-state index in [0.717, 1.165) is 50.1 Å². The molecule has 3 fully saturated rings. The molecule has 4 heterocycles. The molecule has 23 heavy (non-hydrogen) atoms. The van der Waals surface area contributed by atoms with E-state index in [-0.39, 0.29) is 17.2 Å². The minimum atomic E-state index is -0.418. The molecule has 5 heteroatoms. The summed E-state index contributed by atoms with van der Waals surface area (Å²) in [5.41, 5.74) is 7.63. The van der Waals surface area contributed by atoms with Gasteiger partial charge in [-0.15, -0.1) is 0 Å². The van der Waals surface area contributed by atoms with Gasteiger partial charge in [0.2, 0.25) is 11.8 Å². The number of fused-ring (bicyclic) bond motifs is 4. The van der Waals surface area contributed by atoms with Gasteiger partial charge in [-0.2, -0.15) is 0 Å². The Morgan fingerprint density at radius 1 is 1.22 bits per heavy atom. The first-order valence-electron chi connectivity index (χ1n) is 8.42. The van der Waals surface area contributed by atoms with Crippen LogP contribution in [0.5, 0.6) is 0 Å². The highest BCUT2D eigenvalue weighted by molar-refractivity contribution is 6.07. The summed E-state index contributed by atoms with van der Waals surface area (Å²) in [6.45, 7) is 3.05. The molecule has 0 saturated carbocycles. The molecule has 2 amide bonds. The number of benzene rings is 1. The van der Waals surface area contributed by atoms with Crippen LogP contribution in [0.15, 0.2) is 24.3 Å². The fraction of sp³-hybridized carbons (Fsp3) is 0.556. The van der Waals surface area contributed by atoms with Crippen molar-refractivity contribution in [2.45, 2.75) is 25.2 Å². The molecule has 2 atom stereocenters. The Labute approximate surface area is 136 Å². The highest BCUT2D eigenvalue weighted by atomic mass is 16.2. The zero-order valence-corrected chi connectivity index (χ0v) is 13.5. The van der Waals surface area contributed by atoms with E-state index in [1.165, 1.54) is 0 Å². The van der Waals surface area contributed by atoms with Crippen molar-refractivity contribution in [1.82, 2.24) is 4.90 Å². The maximum Gasteiger partial charge on any atom is 0.235 e. The zero-order valence-electron chi connectivity index (χ0n) is 13.5. The Kier molecular flexibility index (Phi) is 3.23. The number of nitrogens with two attached hydrogens (primary N) is 1. The van der Waals surface area contributed by atoms with Crippen LogP contribution in [0.3, 0.4) is 0 Å². The molecule has 0 spiro atoms. The molecule has 1 aromatic carbocycles. The molecule has 0 aromatic heterocycles. The van der Waals surface area contributed by atoms with Gasteiger partial charge in [-0.1, -0.05) is 18.2 Å². The summed E-state index contributed by atoms with van der Waals surface area (Å²) in [6.07, 6.45) is 2.91. The molecule has 5 rings (SSSR count). The van der Waals surface area contributed by atoms with E-state index in [0.29, 0.717) is 0 Å². The first-order chi connectivity index (χ1) is 11.0. The van der Waals surface area contributed by atoms with E-state index < -0.39 is 11.8 Å². The molecule has 0 aliphatic carbocycles.